The van der Waals surface area contributed by atoms with E-state index in [0.717, 1.165) is 5.75 Å². The Kier molecular flexibility index (Phi) is 4.46. The molecule has 0 radical (unpaired) electrons. The summed E-state index contributed by atoms with van der Waals surface area (Å²) in [5, 5.41) is 0. The molecule has 0 aromatic carbocycles. The molecule has 0 saturated heterocycles. The van der Waals surface area contributed by atoms with Crippen LogP contribution >= 0.6 is 11.8 Å². The molecular weight excluding hydrogens is 237 g/mol. The van der Waals surface area contributed by atoms with Crippen LogP contribution in [0.15, 0.2) is 6.07 Å². The molecule has 1 unspecified atom stereocenters. The van der Waals surface area contributed by atoms with Crippen LogP contribution in [0.2, 0.25) is 0 Å². The summed E-state index contributed by atoms with van der Waals surface area (Å²) in [6, 6.07) is 0.502. The number of nitrogens with zero attached hydrogens (tertiary/aromatic N) is 2. The lowest BCUT2D eigenvalue weighted by Crippen LogP contribution is -2.32. The van der Waals surface area contributed by atoms with Crippen molar-refractivity contribution in [3.8, 4) is 0 Å². The Morgan fingerprint density at radius 1 is 1.38 bits per heavy atom. The maximum absolute atomic E-state index is 13.4. The van der Waals surface area contributed by atoms with Crippen LogP contribution in [-0.4, -0.2) is 30.1 Å². The fraction of sp³-hybridized carbons (Fsp3) is 0.500. The molecule has 2 nitrogen and oxygen atoms in total. The molecule has 0 aliphatic carbocycles. The van der Waals surface area contributed by atoms with Crippen LogP contribution in [0, 0.1) is 17.6 Å². The van der Waals surface area contributed by atoms with Gasteiger partial charge in [-0.15, -0.1) is 0 Å². The molecule has 0 spiro atoms. The van der Waals surface area contributed by atoms with Gasteiger partial charge in [0.25, 0.3) is 5.95 Å². The second-order valence-electron chi connectivity index (χ2n) is 3.48. The lowest BCUT2D eigenvalue weighted by Gasteiger charge is -2.25. The third-order valence-corrected chi connectivity index (χ3v) is 3.09. The van der Waals surface area contributed by atoms with Crippen LogP contribution < -0.4 is 4.90 Å². The molecule has 90 valence electrons. The molecule has 1 heterocycles. The Morgan fingerprint density at radius 3 is 2.56 bits per heavy atom. The van der Waals surface area contributed by atoms with Crippen molar-refractivity contribution in [1.29, 1.82) is 0 Å². The second-order valence-corrected chi connectivity index (χ2v) is 4.39. The maximum Gasteiger partial charge on any atom is 0.251 e. The summed E-state index contributed by atoms with van der Waals surface area (Å²) in [5.74, 6) is -2.82. The van der Waals surface area contributed by atoms with Crippen molar-refractivity contribution in [3.05, 3.63) is 23.6 Å². The molecule has 1 atom stereocenters. The minimum Gasteiger partial charge on any atom is -0.354 e. The zero-order valence-electron chi connectivity index (χ0n) is 9.30. The quantitative estimate of drug-likeness (QED) is 0.764. The van der Waals surface area contributed by atoms with Gasteiger partial charge in [0.15, 0.2) is 17.5 Å². The van der Waals surface area contributed by atoms with Gasteiger partial charge in [-0.2, -0.15) is 21.1 Å². The van der Waals surface area contributed by atoms with Crippen LogP contribution in [0.3, 0.4) is 0 Å². The van der Waals surface area contributed by atoms with Crippen molar-refractivity contribution in [3.63, 3.8) is 0 Å². The number of hydrogen-bond donors (Lipinski definition) is 0. The average Bonchev–Trinajstić information content (AvgIpc) is 2.23. The smallest absolute Gasteiger partial charge is 0.251 e. The van der Waals surface area contributed by atoms with E-state index in [0.29, 0.717) is 6.07 Å². The van der Waals surface area contributed by atoms with Gasteiger partial charge in [-0.1, -0.05) is 0 Å². The molecule has 1 rings (SSSR count). The van der Waals surface area contributed by atoms with Crippen LogP contribution in [0.4, 0.5) is 19.0 Å². The first-order valence-corrected chi connectivity index (χ1v) is 6.10. The molecular formula is C10H13F3N2S. The predicted octanol–water partition coefficient (Wildman–Crippen LogP) is 2.69. The molecule has 0 N–H and O–H groups in total. The highest BCUT2D eigenvalue weighted by molar-refractivity contribution is 7.98. The third-order valence-electron chi connectivity index (χ3n) is 2.27. The van der Waals surface area contributed by atoms with Crippen molar-refractivity contribution in [1.82, 2.24) is 4.98 Å². The molecule has 0 bridgehead atoms. The molecule has 1 aromatic heterocycles. The normalized spacial score (nSPS) is 12.6. The van der Waals surface area contributed by atoms with Crippen molar-refractivity contribution in [2.45, 2.75) is 13.0 Å². The van der Waals surface area contributed by atoms with E-state index in [1.54, 1.807) is 18.8 Å². The van der Waals surface area contributed by atoms with Crippen molar-refractivity contribution < 1.29 is 13.2 Å². The molecule has 1 aromatic rings. The molecule has 16 heavy (non-hydrogen) atoms. The van der Waals surface area contributed by atoms with E-state index in [4.69, 9.17) is 0 Å². The number of pyridine rings is 1. The van der Waals surface area contributed by atoms with E-state index in [2.05, 4.69) is 4.98 Å². The first-order valence-electron chi connectivity index (χ1n) is 4.70. The van der Waals surface area contributed by atoms with E-state index < -0.39 is 17.6 Å². The lowest BCUT2D eigenvalue weighted by atomic mass is 10.3. The fourth-order valence-corrected chi connectivity index (χ4v) is 1.95. The predicted molar refractivity (Wildman–Crippen MR) is 60.4 cm³/mol. The number of thioether (sulfide) groups is 1. The standard InChI is InChI=1S/C10H13F3N2S/c1-6(5-16-3)15(2)10-8(12)4-7(11)9(13)14-10/h4,6H,5H2,1-3H3. The van der Waals surface area contributed by atoms with E-state index in [1.807, 2.05) is 13.2 Å². The van der Waals surface area contributed by atoms with Gasteiger partial charge in [0, 0.05) is 24.9 Å². The van der Waals surface area contributed by atoms with Crippen LogP contribution in [0.5, 0.6) is 0 Å². The number of aromatic nitrogens is 1. The lowest BCUT2D eigenvalue weighted by molar-refractivity contribution is 0.462. The topological polar surface area (TPSA) is 16.1 Å². The monoisotopic (exact) mass is 250 g/mol. The summed E-state index contributed by atoms with van der Waals surface area (Å²) in [7, 11) is 1.60. The SMILES string of the molecule is CSCC(C)N(C)c1nc(F)c(F)cc1F. The van der Waals surface area contributed by atoms with Gasteiger partial charge in [-0.3, -0.25) is 0 Å². The van der Waals surface area contributed by atoms with Gasteiger partial charge < -0.3 is 4.90 Å². The summed E-state index contributed by atoms with van der Waals surface area (Å²) in [6.45, 7) is 1.86. The van der Waals surface area contributed by atoms with Gasteiger partial charge in [-0.05, 0) is 13.2 Å². The number of rotatable bonds is 4. The third kappa shape index (κ3) is 2.81. The van der Waals surface area contributed by atoms with E-state index in [9.17, 15) is 13.2 Å². The summed E-state index contributed by atoms with van der Waals surface area (Å²) in [6.07, 6.45) is 1.92. The fourth-order valence-electron chi connectivity index (χ4n) is 1.24. The van der Waals surface area contributed by atoms with Gasteiger partial charge in [0.2, 0.25) is 0 Å². The molecule has 0 fully saturated rings. The first-order chi connectivity index (χ1) is 7.47. The Bertz CT molecular complexity index is 373. The van der Waals surface area contributed by atoms with Crippen LogP contribution in [0.1, 0.15) is 6.92 Å². The molecule has 0 aliphatic rings. The Balaban J connectivity index is 2.99. The van der Waals surface area contributed by atoms with E-state index in [1.165, 1.54) is 4.90 Å². The van der Waals surface area contributed by atoms with Gasteiger partial charge in [0.1, 0.15) is 0 Å². The van der Waals surface area contributed by atoms with E-state index in [-0.39, 0.29) is 11.9 Å². The molecule has 0 saturated carbocycles. The number of hydrogen-bond acceptors (Lipinski definition) is 3. The van der Waals surface area contributed by atoms with Crippen molar-refractivity contribution in [2.24, 2.45) is 0 Å². The summed E-state index contributed by atoms with van der Waals surface area (Å²) < 4.78 is 38.9. The van der Waals surface area contributed by atoms with Crippen molar-refractivity contribution in [2.75, 3.05) is 24.0 Å². The summed E-state index contributed by atoms with van der Waals surface area (Å²) in [5.41, 5.74) is 0. The Hall–Kier alpha value is -0.910. The molecule has 6 heteroatoms. The molecule has 0 amide bonds. The van der Waals surface area contributed by atoms with Gasteiger partial charge in [0.05, 0.1) is 0 Å². The Morgan fingerprint density at radius 2 is 2.00 bits per heavy atom. The first kappa shape index (κ1) is 13.2. The highest BCUT2D eigenvalue weighted by Crippen LogP contribution is 2.20. The Labute approximate surface area is 96.9 Å². The largest absolute Gasteiger partial charge is 0.354 e. The van der Waals surface area contributed by atoms with Crippen LogP contribution in [-0.2, 0) is 0 Å². The zero-order chi connectivity index (χ0) is 12.3. The highest BCUT2D eigenvalue weighted by Gasteiger charge is 2.18. The summed E-state index contributed by atoms with van der Waals surface area (Å²) in [4.78, 5) is 4.77. The number of anilines is 1. The minimum absolute atomic E-state index is 0.0122. The zero-order valence-corrected chi connectivity index (χ0v) is 10.1. The average molecular weight is 250 g/mol. The molecule has 0 aliphatic heterocycles. The number of halogens is 3. The van der Waals surface area contributed by atoms with Crippen LogP contribution in [0.25, 0.3) is 0 Å². The minimum atomic E-state index is -1.28. The summed E-state index contributed by atoms with van der Waals surface area (Å²) >= 11 is 1.59. The second kappa shape index (κ2) is 5.43. The van der Waals surface area contributed by atoms with Gasteiger partial charge in [-0.25, -0.2) is 8.78 Å². The van der Waals surface area contributed by atoms with Gasteiger partial charge >= 0.3 is 0 Å². The van der Waals surface area contributed by atoms with Crippen molar-refractivity contribution >= 4 is 17.6 Å². The highest BCUT2D eigenvalue weighted by atomic mass is 32.2. The maximum atomic E-state index is 13.4. The van der Waals surface area contributed by atoms with E-state index >= 15 is 0 Å².